The Morgan fingerprint density at radius 1 is 1.14 bits per heavy atom. The van der Waals surface area contributed by atoms with Crippen LogP contribution >= 0.6 is 0 Å². The smallest absolute Gasteiger partial charge is 0.404 e. The summed E-state index contributed by atoms with van der Waals surface area (Å²) in [5.41, 5.74) is 5.59. The van der Waals surface area contributed by atoms with E-state index in [1.165, 1.54) is 0 Å². The zero-order chi connectivity index (χ0) is 20.9. The number of pyridine rings is 1. The van der Waals surface area contributed by atoms with Gasteiger partial charge in [0.2, 0.25) is 0 Å². The van der Waals surface area contributed by atoms with E-state index in [1.807, 2.05) is 18.2 Å². The molecular formula is C19H20N4O5S. The minimum absolute atomic E-state index is 0.0248. The van der Waals surface area contributed by atoms with Gasteiger partial charge in [0.25, 0.3) is 0 Å². The van der Waals surface area contributed by atoms with Crippen molar-refractivity contribution in [3.8, 4) is 17.2 Å². The van der Waals surface area contributed by atoms with Crippen molar-refractivity contribution in [2.45, 2.75) is 4.90 Å². The molecule has 9 nitrogen and oxygen atoms in total. The molecule has 29 heavy (non-hydrogen) atoms. The molecule has 3 rings (SSSR count). The molecule has 0 radical (unpaired) electrons. The summed E-state index contributed by atoms with van der Waals surface area (Å²) >= 11 is 0. The third-order valence-corrected chi connectivity index (χ3v) is 5.43. The van der Waals surface area contributed by atoms with E-state index in [-0.39, 0.29) is 13.2 Å². The second-order valence-corrected chi connectivity index (χ2v) is 7.72. The van der Waals surface area contributed by atoms with Crippen LogP contribution in [0.2, 0.25) is 0 Å². The fraction of sp³-hybridized carbons (Fsp3) is 0.158. The van der Waals surface area contributed by atoms with Crippen molar-refractivity contribution in [3.05, 3.63) is 54.7 Å². The van der Waals surface area contributed by atoms with Crippen molar-refractivity contribution >= 4 is 26.9 Å². The van der Waals surface area contributed by atoms with E-state index in [0.717, 1.165) is 10.9 Å². The van der Waals surface area contributed by atoms with Gasteiger partial charge in [0, 0.05) is 17.6 Å². The summed E-state index contributed by atoms with van der Waals surface area (Å²) < 4.78 is 32.1. The molecule has 1 heterocycles. The standard InChI is InChI=1S/C19H20N4O5S/c1-26-14-4-7-16-17(12-14)22-9-8-18(16)28-13-2-5-15(6-3-13)29(21,25)23-10-11-27-19(20)24/h2-9,12H,10-11H2,1H3,(H2,20,24)(H2,21,23,25). The van der Waals surface area contributed by atoms with E-state index in [9.17, 15) is 9.00 Å². The molecule has 1 atom stereocenters. The first-order valence-corrected chi connectivity index (χ1v) is 10.1. The molecule has 1 unspecified atom stereocenters. The molecule has 4 N–H and O–H groups in total. The number of hydrogen-bond acceptors (Lipinski definition) is 7. The highest BCUT2D eigenvalue weighted by Crippen LogP contribution is 2.31. The number of carbonyl (C=O) groups excluding carboxylic acids is 1. The Morgan fingerprint density at radius 3 is 2.55 bits per heavy atom. The maximum atomic E-state index is 12.5. The number of nitrogens with two attached hydrogens (primary N) is 2. The lowest BCUT2D eigenvalue weighted by molar-refractivity contribution is 0.160. The van der Waals surface area contributed by atoms with Crippen LogP contribution in [0.3, 0.4) is 0 Å². The van der Waals surface area contributed by atoms with Crippen molar-refractivity contribution in [3.63, 3.8) is 0 Å². The number of primary amides is 1. The predicted octanol–water partition coefficient (Wildman–Crippen LogP) is 2.83. The van der Waals surface area contributed by atoms with Crippen molar-refractivity contribution in [1.82, 2.24) is 4.98 Å². The minimum atomic E-state index is -3.13. The molecule has 1 aromatic heterocycles. The molecule has 0 saturated carbocycles. The highest BCUT2D eigenvalue weighted by atomic mass is 32.2. The van der Waals surface area contributed by atoms with E-state index in [1.54, 1.807) is 43.6 Å². The molecule has 1 amide bonds. The fourth-order valence-electron chi connectivity index (χ4n) is 2.54. The Balaban J connectivity index is 1.77. The van der Waals surface area contributed by atoms with E-state index in [4.69, 9.17) is 20.3 Å². The van der Waals surface area contributed by atoms with Crippen LogP contribution in [0.5, 0.6) is 17.2 Å². The third-order valence-electron chi connectivity index (χ3n) is 3.92. The zero-order valence-corrected chi connectivity index (χ0v) is 16.4. The fourth-order valence-corrected chi connectivity index (χ4v) is 3.56. The first-order valence-electron chi connectivity index (χ1n) is 8.52. The lowest BCUT2D eigenvalue weighted by Gasteiger charge is -2.10. The number of hydrogen-bond donors (Lipinski definition) is 2. The van der Waals surface area contributed by atoms with Crippen LogP contribution in [0.15, 0.2) is 64.0 Å². The third kappa shape index (κ3) is 5.12. The monoisotopic (exact) mass is 416 g/mol. The Kier molecular flexibility index (Phi) is 6.15. The van der Waals surface area contributed by atoms with Gasteiger partial charge >= 0.3 is 6.09 Å². The van der Waals surface area contributed by atoms with Crippen LogP contribution in [0.25, 0.3) is 10.9 Å². The van der Waals surface area contributed by atoms with Crippen molar-refractivity contribution in [1.29, 1.82) is 0 Å². The molecule has 10 heteroatoms. The van der Waals surface area contributed by atoms with Gasteiger partial charge < -0.3 is 19.9 Å². The number of carbonyl (C=O) groups is 1. The summed E-state index contributed by atoms with van der Waals surface area (Å²) in [7, 11) is -1.53. The van der Waals surface area contributed by atoms with Gasteiger partial charge in [0.05, 0.1) is 24.1 Å². The maximum absolute atomic E-state index is 12.5. The molecular weight excluding hydrogens is 396 g/mol. The summed E-state index contributed by atoms with van der Waals surface area (Å²) in [6, 6.07) is 13.7. The molecule has 2 aromatic carbocycles. The van der Waals surface area contributed by atoms with Crippen molar-refractivity contribution < 1.29 is 23.2 Å². The molecule has 0 fully saturated rings. The van der Waals surface area contributed by atoms with Crippen LogP contribution in [0.1, 0.15) is 0 Å². The van der Waals surface area contributed by atoms with E-state index in [0.29, 0.717) is 22.1 Å². The quantitative estimate of drug-likeness (QED) is 0.568. The van der Waals surface area contributed by atoms with Gasteiger partial charge in [-0.15, -0.1) is 0 Å². The van der Waals surface area contributed by atoms with Crippen LogP contribution < -0.4 is 20.3 Å². The second kappa shape index (κ2) is 8.76. The summed E-state index contributed by atoms with van der Waals surface area (Å²) in [6.07, 6.45) is 0.720. The molecule has 152 valence electrons. The number of methoxy groups -OCH3 is 1. The lowest BCUT2D eigenvalue weighted by Crippen LogP contribution is -2.17. The Bertz CT molecular complexity index is 1140. The van der Waals surface area contributed by atoms with Crippen LogP contribution in [-0.4, -0.2) is 35.5 Å². The predicted molar refractivity (Wildman–Crippen MR) is 108 cm³/mol. The van der Waals surface area contributed by atoms with E-state index < -0.39 is 16.0 Å². The van der Waals surface area contributed by atoms with Gasteiger partial charge in [0.1, 0.15) is 33.8 Å². The van der Waals surface area contributed by atoms with Crippen molar-refractivity contribution in [2.75, 3.05) is 20.3 Å². The minimum Gasteiger partial charge on any atom is -0.497 e. The number of nitrogens with zero attached hydrogens (tertiary/aromatic N) is 2. The topological polar surface area (TPSA) is 139 Å². The van der Waals surface area contributed by atoms with Gasteiger partial charge in [-0.2, -0.15) is 0 Å². The summed E-state index contributed by atoms with van der Waals surface area (Å²) in [5.74, 6) is 1.85. The first-order chi connectivity index (χ1) is 13.9. The van der Waals surface area contributed by atoms with Crippen LogP contribution in [-0.2, 0) is 14.7 Å². The molecule has 0 aliphatic rings. The maximum Gasteiger partial charge on any atom is 0.404 e. The number of fused-ring (bicyclic) bond motifs is 1. The average molecular weight is 416 g/mol. The molecule has 0 saturated heterocycles. The van der Waals surface area contributed by atoms with Gasteiger partial charge in [-0.1, -0.05) is 0 Å². The first kappa shape index (κ1) is 20.4. The normalized spacial score (nSPS) is 12.8. The van der Waals surface area contributed by atoms with Gasteiger partial charge in [0.15, 0.2) is 0 Å². The number of ether oxygens (including phenoxy) is 3. The molecule has 0 spiro atoms. The second-order valence-electron chi connectivity index (χ2n) is 5.85. The highest BCUT2D eigenvalue weighted by Gasteiger charge is 2.09. The number of amides is 1. The summed E-state index contributed by atoms with van der Waals surface area (Å²) in [4.78, 5) is 15.2. The highest BCUT2D eigenvalue weighted by molar-refractivity contribution is 7.91. The van der Waals surface area contributed by atoms with Crippen molar-refractivity contribution in [2.24, 2.45) is 15.2 Å². The Morgan fingerprint density at radius 2 is 1.86 bits per heavy atom. The average Bonchev–Trinajstić information content (AvgIpc) is 2.71. The number of rotatable bonds is 7. The molecule has 3 aromatic rings. The van der Waals surface area contributed by atoms with E-state index >= 15 is 0 Å². The number of aromatic nitrogens is 1. The Labute approximate surface area is 167 Å². The molecule has 0 aliphatic carbocycles. The largest absolute Gasteiger partial charge is 0.497 e. The molecule has 0 aliphatic heterocycles. The number of benzene rings is 2. The Hall–Kier alpha value is -3.37. The molecule has 0 bridgehead atoms. The van der Waals surface area contributed by atoms with Crippen LogP contribution in [0, 0.1) is 0 Å². The van der Waals surface area contributed by atoms with Gasteiger partial charge in [-0.25, -0.2) is 18.5 Å². The SMILES string of the molecule is COc1ccc2c(Oc3ccc(S(N)(=O)=NCCOC(N)=O)cc3)ccnc2c1. The summed E-state index contributed by atoms with van der Waals surface area (Å²) in [5, 5.41) is 6.61. The van der Waals surface area contributed by atoms with Gasteiger partial charge in [-0.3, -0.25) is 4.98 Å². The zero-order valence-electron chi connectivity index (χ0n) is 15.6. The van der Waals surface area contributed by atoms with E-state index in [2.05, 4.69) is 14.1 Å². The van der Waals surface area contributed by atoms with Gasteiger partial charge in [-0.05, 0) is 42.5 Å². The van der Waals surface area contributed by atoms with Crippen LogP contribution in [0.4, 0.5) is 4.79 Å². The summed E-state index contributed by atoms with van der Waals surface area (Å²) in [6.45, 7) is -0.117. The lowest BCUT2D eigenvalue weighted by atomic mass is 10.2.